The van der Waals surface area contributed by atoms with Crippen LogP contribution in [0, 0.1) is 5.82 Å². The summed E-state index contributed by atoms with van der Waals surface area (Å²) in [6.45, 7) is 0.642. The molecule has 0 aromatic heterocycles. The van der Waals surface area contributed by atoms with E-state index in [0.29, 0.717) is 17.3 Å². The monoisotopic (exact) mass is 336 g/mol. The van der Waals surface area contributed by atoms with E-state index < -0.39 is 0 Å². The Morgan fingerprint density at radius 1 is 1.27 bits per heavy atom. The zero-order valence-corrected chi connectivity index (χ0v) is 13.2. The lowest BCUT2D eigenvalue weighted by Gasteiger charge is -2.24. The summed E-state index contributed by atoms with van der Waals surface area (Å²) in [7, 11) is 0. The Balaban J connectivity index is 1.76. The van der Waals surface area contributed by atoms with Crippen LogP contribution < -0.4 is 5.32 Å². The first kappa shape index (κ1) is 15.2. The predicted molar refractivity (Wildman–Crippen MR) is 88.8 cm³/mol. The Hall–Kier alpha value is -1.72. The number of nitrogens with zero attached hydrogens (tertiary/aromatic N) is 1. The molecule has 2 aromatic carbocycles. The van der Waals surface area contributed by atoms with Crippen LogP contribution in [0.4, 0.5) is 14.9 Å². The molecule has 3 nitrogen and oxygen atoms in total. The molecule has 114 valence electrons. The van der Waals surface area contributed by atoms with Crippen molar-refractivity contribution in [1.29, 1.82) is 0 Å². The Labute approximate surface area is 137 Å². The average Bonchev–Trinajstić information content (AvgIpc) is 2.97. The van der Waals surface area contributed by atoms with E-state index in [-0.39, 0.29) is 17.2 Å². The Morgan fingerprint density at radius 2 is 2.09 bits per heavy atom. The van der Waals surface area contributed by atoms with Gasteiger partial charge in [0.2, 0.25) is 0 Å². The van der Waals surface area contributed by atoms with E-state index >= 15 is 0 Å². The van der Waals surface area contributed by atoms with Crippen molar-refractivity contribution in [3.63, 3.8) is 0 Å². The molecule has 1 saturated heterocycles. The highest BCUT2D eigenvalue weighted by atomic mass is 35.5. The van der Waals surface area contributed by atoms with Gasteiger partial charge in [-0.3, -0.25) is 0 Å². The predicted octanol–water partition coefficient (Wildman–Crippen LogP) is 4.76. The molecule has 0 bridgehead atoms. The minimum atomic E-state index is -0.375. The smallest absolute Gasteiger partial charge is 0.308 e. The molecule has 1 unspecified atom stereocenters. The number of anilines is 1. The van der Waals surface area contributed by atoms with Gasteiger partial charge in [0.05, 0.1) is 0 Å². The highest BCUT2D eigenvalue weighted by Gasteiger charge is 2.30. The molecule has 2 amide bonds. The van der Waals surface area contributed by atoms with Gasteiger partial charge >= 0.3 is 6.03 Å². The third-order valence-corrected chi connectivity index (χ3v) is 4.86. The second kappa shape index (κ2) is 6.58. The van der Waals surface area contributed by atoms with Gasteiger partial charge in [-0.05, 0) is 35.9 Å². The number of amides is 2. The Morgan fingerprint density at radius 3 is 2.86 bits per heavy atom. The van der Waals surface area contributed by atoms with Crippen molar-refractivity contribution in [3.8, 4) is 0 Å². The summed E-state index contributed by atoms with van der Waals surface area (Å²) in [4.78, 5) is 14.2. The molecule has 3 rings (SSSR count). The minimum Gasteiger partial charge on any atom is -0.308 e. The number of urea groups is 1. The van der Waals surface area contributed by atoms with Crippen molar-refractivity contribution in [2.24, 2.45) is 0 Å². The summed E-state index contributed by atoms with van der Waals surface area (Å²) in [5.74, 6) is 0.480. The summed E-state index contributed by atoms with van der Waals surface area (Å²) >= 11 is 7.71. The lowest BCUT2D eigenvalue weighted by molar-refractivity contribution is 0.214. The van der Waals surface area contributed by atoms with E-state index in [1.54, 1.807) is 28.8 Å². The molecule has 0 saturated carbocycles. The molecule has 0 radical (unpaired) electrons. The minimum absolute atomic E-state index is 0.0766. The fourth-order valence-electron chi connectivity index (χ4n) is 2.38. The van der Waals surface area contributed by atoms with Crippen molar-refractivity contribution in [3.05, 3.63) is 64.9 Å². The van der Waals surface area contributed by atoms with E-state index in [2.05, 4.69) is 5.32 Å². The molecule has 0 aliphatic carbocycles. The molecular formula is C16H14ClFN2OS. The van der Waals surface area contributed by atoms with E-state index in [0.717, 1.165) is 11.3 Å². The van der Waals surface area contributed by atoms with E-state index in [1.807, 2.05) is 24.3 Å². The van der Waals surface area contributed by atoms with Gasteiger partial charge in [0.15, 0.2) is 0 Å². The SMILES string of the molecule is O=C(Nc1cccc(F)c1)N1CCSC1c1cccc(Cl)c1. The second-order valence-corrected chi connectivity index (χ2v) is 6.54. The Kier molecular flexibility index (Phi) is 4.55. The van der Waals surface area contributed by atoms with Gasteiger partial charge < -0.3 is 10.2 Å². The van der Waals surface area contributed by atoms with Crippen molar-refractivity contribution < 1.29 is 9.18 Å². The van der Waals surface area contributed by atoms with Crippen LogP contribution in [0.3, 0.4) is 0 Å². The second-order valence-electron chi connectivity index (χ2n) is 4.91. The highest BCUT2D eigenvalue weighted by Crippen LogP contribution is 2.38. The summed E-state index contributed by atoms with van der Waals surface area (Å²) in [5, 5.41) is 3.31. The number of halogens is 2. The fourth-order valence-corrected chi connectivity index (χ4v) is 3.82. The maximum Gasteiger partial charge on any atom is 0.323 e. The Bertz CT molecular complexity index is 697. The number of nitrogens with one attached hydrogen (secondary N) is 1. The van der Waals surface area contributed by atoms with Crippen molar-refractivity contribution >= 4 is 35.1 Å². The first-order valence-electron chi connectivity index (χ1n) is 6.84. The molecule has 2 aromatic rings. The standard InChI is InChI=1S/C16H14ClFN2OS/c17-12-4-1-3-11(9-12)15-20(7-8-22-15)16(21)19-14-6-2-5-13(18)10-14/h1-6,9-10,15H,7-8H2,(H,19,21). The van der Waals surface area contributed by atoms with Crippen LogP contribution in [-0.2, 0) is 0 Å². The van der Waals surface area contributed by atoms with E-state index in [9.17, 15) is 9.18 Å². The third kappa shape index (κ3) is 3.36. The topological polar surface area (TPSA) is 32.3 Å². The number of benzene rings is 2. The largest absolute Gasteiger partial charge is 0.323 e. The summed E-state index contributed by atoms with van der Waals surface area (Å²) in [6.07, 6.45) is 0. The van der Waals surface area contributed by atoms with Gasteiger partial charge in [-0.2, -0.15) is 0 Å². The van der Waals surface area contributed by atoms with Gasteiger partial charge in [-0.1, -0.05) is 29.8 Å². The van der Waals surface area contributed by atoms with Crippen molar-refractivity contribution in [2.45, 2.75) is 5.37 Å². The number of carbonyl (C=O) groups is 1. The van der Waals surface area contributed by atoms with Crippen LogP contribution in [0.15, 0.2) is 48.5 Å². The first-order chi connectivity index (χ1) is 10.6. The zero-order valence-electron chi connectivity index (χ0n) is 11.6. The molecule has 1 aliphatic rings. The molecule has 1 atom stereocenters. The summed E-state index contributed by atoms with van der Waals surface area (Å²) < 4.78 is 13.2. The van der Waals surface area contributed by atoms with Crippen molar-refractivity contribution in [2.75, 3.05) is 17.6 Å². The number of rotatable bonds is 2. The van der Waals surface area contributed by atoms with Crippen LogP contribution in [0.1, 0.15) is 10.9 Å². The highest BCUT2D eigenvalue weighted by molar-refractivity contribution is 7.99. The third-order valence-electron chi connectivity index (χ3n) is 3.36. The number of thioether (sulfide) groups is 1. The van der Waals surface area contributed by atoms with Gasteiger partial charge in [0, 0.05) is 23.0 Å². The van der Waals surface area contributed by atoms with Crippen LogP contribution >= 0.6 is 23.4 Å². The quantitative estimate of drug-likeness (QED) is 0.857. The molecule has 1 fully saturated rings. The summed E-state index contributed by atoms with van der Waals surface area (Å²) in [5.41, 5.74) is 1.44. The molecule has 22 heavy (non-hydrogen) atoms. The fraction of sp³-hybridized carbons (Fsp3) is 0.188. The van der Waals surface area contributed by atoms with Gasteiger partial charge in [0.25, 0.3) is 0 Å². The lowest BCUT2D eigenvalue weighted by Crippen LogP contribution is -2.34. The maximum absolute atomic E-state index is 13.2. The van der Waals surface area contributed by atoms with Gasteiger partial charge in [-0.25, -0.2) is 9.18 Å². The molecule has 1 N–H and O–H groups in total. The van der Waals surface area contributed by atoms with Crippen LogP contribution in [0.25, 0.3) is 0 Å². The maximum atomic E-state index is 13.2. The number of hydrogen-bond acceptors (Lipinski definition) is 2. The van der Waals surface area contributed by atoms with Gasteiger partial charge in [0.1, 0.15) is 11.2 Å². The lowest BCUT2D eigenvalue weighted by atomic mass is 10.2. The van der Waals surface area contributed by atoms with Crippen LogP contribution in [0.2, 0.25) is 5.02 Å². The molecule has 0 spiro atoms. The van der Waals surface area contributed by atoms with Crippen LogP contribution in [0.5, 0.6) is 0 Å². The van der Waals surface area contributed by atoms with E-state index in [1.165, 1.54) is 12.1 Å². The van der Waals surface area contributed by atoms with Gasteiger partial charge in [-0.15, -0.1) is 11.8 Å². The molecule has 6 heteroatoms. The van der Waals surface area contributed by atoms with Crippen molar-refractivity contribution in [1.82, 2.24) is 4.90 Å². The van der Waals surface area contributed by atoms with Crippen LogP contribution in [-0.4, -0.2) is 23.2 Å². The molecule has 1 aliphatic heterocycles. The summed E-state index contributed by atoms with van der Waals surface area (Å²) in [6, 6.07) is 13.1. The average molecular weight is 337 g/mol. The number of carbonyl (C=O) groups excluding carboxylic acids is 1. The van der Waals surface area contributed by atoms with E-state index in [4.69, 9.17) is 11.6 Å². The number of hydrogen-bond donors (Lipinski definition) is 1. The first-order valence-corrected chi connectivity index (χ1v) is 8.26. The molecular weight excluding hydrogens is 323 g/mol. The molecule has 1 heterocycles. The zero-order chi connectivity index (χ0) is 15.5. The normalized spacial score (nSPS) is 17.5.